The first-order valence-electron chi connectivity index (χ1n) is 6.02. The number of nitrogens with one attached hydrogen (secondary N) is 2. The van der Waals surface area contributed by atoms with Crippen molar-refractivity contribution < 1.29 is 19.6 Å². The standard InChI is InChI=1S/C12H13N3O5/c16-11-4-1-7(14-11)6-13-10-3-2-8(15(19)20)5-9(10)12(17)18/h2-3,5,7,13H,1,4,6H2,(H,14,16)(H,17,18). The van der Waals surface area contributed by atoms with E-state index in [1.165, 1.54) is 12.1 Å². The van der Waals surface area contributed by atoms with Crippen LogP contribution in [0.25, 0.3) is 0 Å². The number of anilines is 1. The summed E-state index contributed by atoms with van der Waals surface area (Å²) < 4.78 is 0. The summed E-state index contributed by atoms with van der Waals surface area (Å²) in [6.07, 6.45) is 1.14. The van der Waals surface area contributed by atoms with Crippen molar-refractivity contribution in [3.05, 3.63) is 33.9 Å². The number of aromatic carboxylic acids is 1. The first-order valence-corrected chi connectivity index (χ1v) is 6.02. The maximum Gasteiger partial charge on any atom is 0.338 e. The average molecular weight is 279 g/mol. The van der Waals surface area contributed by atoms with Gasteiger partial charge in [0.2, 0.25) is 5.91 Å². The Labute approximate surface area is 113 Å². The van der Waals surface area contributed by atoms with E-state index in [0.717, 1.165) is 6.07 Å². The van der Waals surface area contributed by atoms with Gasteiger partial charge in [-0.15, -0.1) is 0 Å². The molecule has 1 aliphatic rings. The second-order valence-electron chi connectivity index (χ2n) is 4.48. The number of carboxylic acid groups (broad SMARTS) is 1. The SMILES string of the molecule is O=C1CCC(CNc2ccc([N+](=O)[O-])cc2C(=O)O)N1. The summed E-state index contributed by atoms with van der Waals surface area (Å²) in [4.78, 5) is 32.2. The van der Waals surface area contributed by atoms with Crippen LogP contribution in [0, 0.1) is 10.1 Å². The van der Waals surface area contributed by atoms with Crippen molar-refractivity contribution in [3.63, 3.8) is 0 Å². The van der Waals surface area contributed by atoms with E-state index >= 15 is 0 Å². The highest BCUT2D eigenvalue weighted by molar-refractivity contribution is 5.95. The predicted octanol–water partition coefficient (Wildman–Crippen LogP) is 0.983. The number of nitro groups is 1. The van der Waals surface area contributed by atoms with E-state index in [1.54, 1.807) is 0 Å². The lowest BCUT2D eigenvalue weighted by Crippen LogP contribution is -2.32. The van der Waals surface area contributed by atoms with Crippen molar-refractivity contribution in [2.75, 3.05) is 11.9 Å². The maximum absolute atomic E-state index is 11.1. The fraction of sp³-hybridized carbons (Fsp3) is 0.333. The molecular weight excluding hydrogens is 266 g/mol. The molecule has 1 aromatic rings. The van der Waals surface area contributed by atoms with E-state index < -0.39 is 10.9 Å². The van der Waals surface area contributed by atoms with Gasteiger partial charge in [-0.2, -0.15) is 0 Å². The number of benzene rings is 1. The normalized spacial score (nSPS) is 17.6. The lowest BCUT2D eigenvalue weighted by molar-refractivity contribution is -0.384. The molecule has 1 saturated heterocycles. The highest BCUT2D eigenvalue weighted by atomic mass is 16.6. The third kappa shape index (κ3) is 3.02. The molecule has 1 aliphatic heterocycles. The molecule has 0 radical (unpaired) electrons. The van der Waals surface area contributed by atoms with Crippen LogP contribution in [0.4, 0.5) is 11.4 Å². The van der Waals surface area contributed by atoms with Crippen LogP contribution >= 0.6 is 0 Å². The van der Waals surface area contributed by atoms with Crippen LogP contribution in [-0.2, 0) is 4.79 Å². The lowest BCUT2D eigenvalue weighted by Gasteiger charge is -2.14. The number of hydrogen-bond donors (Lipinski definition) is 3. The molecule has 106 valence electrons. The summed E-state index contributed by atoms with van der Waals surface area (Å²) >= 11 is 0. The molecule has 0 saturated carbocycles. The molecule has 1 amide bonds. The van der Waals surface area contributed by atoms with Gasteiger partial charge in [0.05, 0.1) is 10.5 Å². The van der Waals surface area contributed by atoms with Gasteiger partial charge >= 0.3 is 5.97 Å². The number of non-ortho nitro benzene ring substituents is 1. The molecule has 0 aliphatic carbocycles. The predicted molar refractivity (Wildman–Crippen MR) is 69.7 cm³/mol. The molecule has 1 fully saturated rings. The Morgan fingerprint density at radius 2 is 2.30 bits per heavy atom. The monoisotopic (exact) mass is 279 g/mol. The quantitative estimate of drug-likeness (QED) is 0.545. The van der Waals surface area contributed by atoms with Gasteiger partial charge in [-0.1, -0.05) is 0 Å². The van der Waals surface area contributed by atoms with Crippen molar-refractivity contribution in [1.82, 2.24) is 5.32 Å². The van der Waals surface area contributed by atoms with Crippen molar-refractivity contribution in [1.29, 1.82) is 0 Å². The number of hydrogen-bond acceptors (Lipinski definition) is 5. The molecule has 8 nitrogen and oxygen atoms in total. The maximum atomic E-state index is 11.1. The molecule has 1 aromatic carbocycles. The third-order valence-electron chi connectivity index (χ3n) is 3.07. The van der Waals surface area contributed by atoms with Crippen molar-refractivity contribution in [2.45, 2.75) is 18.9 Å². The highest BCUT2D eigenvalue weighted by Gasteiger charge is 2.21. The van der Waals surface area contributed by atoms with Gasteiger partial charge < -0.3 is 15.7 Å². The van der Waals surface area contributed by atoms with Crippen LogP contribution in [0.1, 0.15) is 23.2 Å². The van der Waals surface area contributed by atoms with E-state index in [9.17, 15) is 19.7 Å². The van der Waals surface area contributed by atoms with Crippen LogP contribution in [0.3, 0.4) is 0 Å². The Morgan fingerprint density at radius 1 is 1.55 bits per heavy atom. The van der Waals surface area contributed by atoms with Gasteiger partial charge in [-0.3, -0.25) is 14.9 Å². The zero-order chi connectivity index (χ0) is 14.7. The summed E-state index contributed by atoms with van der Waals surface area (Å²) in [5.74, 6) is -1.27. The van der Waals surface area contributed by atoms with Crippen molar-refractivity contribution >= 4 is 23.3 Å². The van der Waals surface area contributed by atoms with E-state index in [2.05, 4.69) is 10.6 Å². The number of nitrogens with zero attached hydrogens (tertiary/aromatic N) is 1. The molecule has 1 atom stereocenters. The van der Waals surface area contributed by atoms with Crippen LogP contribution in [0.15, 0.2) is 18.2 Å². The van der Waals surface area contributed by atoms with Crippen LogP contribution in [-0.4, -0.2) is 34.5 Å². The Bertz CT molecular complexity index is 572. The van der Waals surface area contributed by atoms with Gasteiger partial charge in [0.25, 0.3) is 5.69 Å². The Morgan fingerprint density at radius 3 is 2.85 bits per heavy atom. The Kier molecular flexibility index (Phi) is 3.83. The highest BCUT2D eigenvalue weighted by Crippen LogP contribution is 2.22. The molecule has 8 heteroatoms. The minimum atomic E-state index is -1.24. The summed E-state index contributed by atoms with van der Waals surface area (Å²) in [7, 11) is 0. The first-order chi connectivity index (χ1) is 9.47. The smallest absolute Gasteiger partial charge is 0.338 e. The fourth-order valence-electron chi connectivity index (χ4n) is 2.04. The van der Waals surface area contributed by atoms with Gasteiger partial charge in [0.15, 0.2) is 0 Å². The number of rotatable bonds is 5. The summed E-state index contributed by atoms with van der Waals surface area (Å²) in [6, 6.07) is 3.55. The topological polar surface area (TPSA) is 122 Å². The van der Waals surface area contributed by atoms with Crippen LogP contribution < -0.4 is 10.6 Å². The second-order valence-corrected chi connectivity index (χ2v) is 4.48. The van der Waals surface area contributed by atoms with E-state index in [1.807, 2.05) is 0 Å². The number of carboxylic acids is 1. The third-order valence-corrected chi connectivity index (χ3v) is 3.07. The molecule has 0 bridgehead atoms. The minimum Gasteiger partial charge on any atom is -0.478 e. The molecule has 2 rings (SSSR count). The van der Waals surface area contributed by atoms with Gasteiger partial charge in [-0.25, -0.2) is 4.79 Å². The summed E-state index contributed by atoms with van der Waals surface area (Å²) in [6.45, 7) is 0.379. The molecule has 0 aromatic heterocycles. The van der Waals surface area contributed by atoms with Gasteiger partial charge in [0.1, 0.15) is 0 Å². The zero-order valence-corrected chi connectivity index (χ0v) is 10.5. The molecule has 1 heterocycles. The zero-order valence-electron chi connectivity index (χ0n) is 10.5. The number of carbonyl (C=O) groups is 2. The van der Waals surface area contributed by atoms with E-state index in [4.69, 9.17) is 5.11 Å². The fourth-order valence-corrected chi connectivity index (χ4v) is 2.04. The second kappa shape index (κ2) is 5.55. The minimum absolute atomic E-state index is 0.0287. The molecule has 0 spiro atoms. The molecular formula is C12H13N3O5. The van der Waals surface area contributed by atoms with E-state index in [0.29, 0.717) is 25.1 Å². The van der Waals surface area contributed by atoms with Gasteiger partial charge in [-0.05, 0) is 12.5 Å². The average Bonchev–Trinajstić information content (AvgIpc) is 2.81. The Hall–Kier alpha value is -2.64. The summed E-state index contributed by atoms with van der Waals surface area (Å²) in [5.41, 5.74) is -0.144. The van der Waals surface area contributed by atoms with Gasteiger partial charge in [0, 0.05) is 36.8 Å². The Balaban J connectivity index is 2.12. The number of carbonyl (C=O) groups excluding carboxylic acids is 1. The van der Waals surface area contributed by atoms with Crippen molar-refractivity contribution in [2.24, 2.45) is 0 Å². The van der Waals surface area contributed by atoms with E-state index in [-0.39, 0.29) is 23.2 Å². The van der Waals surface area contributed by atoms with Crippen LogP contribution in [0.2, 0.25) is 0 Å². The molecule has 20 heavy (non-hydrogen) atoms. The molecule has 3 N–H and O–H groups in total. The molecule has 1 unspecified atom stereocenters. The van der Waals surface area contributed by atoms with Crippen LogP contribution in [0.5, 0.6) is 0 Å². The number of nitro benzene ring substituents is 1. The van der Waals surface area contributed by atoms with Crippen molar-refractivity contribution in [3.8, 4) is 0 Å². The largest absolute Gasteiger partial charge is 0.478 e. The first kappa shape index (κ1) is 13.8. The number of amides is 1. The lowest BCUT2D eigenvalue weighted by atomic mass is 10.1. The summed E-state index contributed by atoms with van der Waals surface area (Å²) in [5, 5.41) is 25.4.